The number of ether oxygens (including phenoxy) is 1. The second kappa shape index (κ2) is 4.23. The van der Waals surface area contributed by atoms with Gasteiger partial charge in [-0.3, -0.25) is 0 Å². The fraction of sp³-hybridized carbons (Fsp3) is 0.143. The molecule has 1 aromatic carbocycles. The fourth-order valence-electron chi connectivity index (χ4n) is 0.766. The lowest BCUT2D eigenvalue weighted by Crippen LogP contribution is -2.01. The van der Waals surface area contributed by atoms with E-state index in [9.17, 15) is 17.6 Å². The molecule has 14 heavy (non-hydrogen) atoms. The van der Waals surface area contributed by atoms with Crippen LogP contribution in [0.5, 0.6) is 5.75 Å². The second-order valence-corrected chi connectivity index (χ2v) is 2.91. The number of halogens is 6. The summed E-state index contributed by atoms with van der Waals surface area (Å²) in [5.41, 5.74) is 0. The van der Waals surface area contributed by atoms with E-state index in [1.165, 1.54) is 0 Å². The number of rotatable bonds is 2. The molecule has 0 atom stereocenters. The van der Waals surface area contributed by atoms with Crippen molar-refractivity contribution in [2.45, 2.75) is 0 Å². The van der Waals surface area contributed by atoms with E-state index in [1.807, 2.05) is 0 Å². The molecular weight excluding hydrogens is 247 g/mol. The van der Waals surface area contributed by atoms with Crippen LogP contribution in [0, 0.1) is 17.5 Å². The van der Waals surface area contributed by atoms with E-state index in [0.29, 0.717) is 0 Å². The lowest BCUT2D eigenvalue weighted by atomic mass is 10.3. The normalized spacial score (nSPS) is 10.4. The van der Waals surface area contributed by atoms with Crippen LogP contribution in [0.4, 0.5) is 17.6 Å². The predicted octanol–water partition coefficient (Wildman–Crippen LogP) is 3.72. The van der Waals surface area contributed by atoms with Crippen molar-refractivity contribution in [2.75, 3.05) is 6.86 Å². The highest BCUT2D eigenvalue weighted by molar-refractivity contribution is 6.42. The molecule has 0 bridgehead atoms. The Morgan fingerprint density at radius 1 is 0.929 bits per heavy atom. The zero-order valence-electron chi connectivity index (χ0n) is 6.38. The predicted molar refractivity (Wildman–Crippen MR) is 42.9 cm³/mol. The summed E-state index contributed by atoms with van der Waals surface area (Å²) in [6, 6.07) is 0. The van der Waals surface area contributed by atoms with Gasteiger partial charge in [-0.1, -0.05) is 23.2 Å². The smallest absolute Gasteiger partial charge is 0.228 e. The van der Waals surface area contributed by atoms with E-state index in [2.05, 4.69) is 4.74 Å². The highest BCUT2D eigenvalue weighted by Gasteiger charge is 2.24. The van der Waals surface area contributed by atoms with Gasteiger partial charge in [-0.05, 0) is 0 Å². The first-order chi connectivity index (χ1) is 6.50. The molecule has 0 aliphatic carbocycles. The minimum Gasteiger partial charge on any atom is -0.457 e. The third-order valence-electron chi connectivity index (χ3n) is 1.37. The van der Waals surface area contributed by atoms with E-state index in [1.54, 1.807) is 0 Å². The molecule has 0 spiro atoms. The largest absolute Gasteiger partial charge is 0.457 e. The summed E-state index contributed by atoms with van der Waals surface area (Å²) in [4.78, 5) is 0. The Morgan fingerprint density at radius 2 is 1.43 bits per heavy atom. The van der Waals surface area contributed by atoms with E-state index in [-0.39, 0.29) is 0 Å². The highest BCUT2D eigenvalue weighted by atomic mass is 35.5. The van der Waals surface area contributed by atoms with Gasteiger partial charge in [-0.15, -0.1) is 0 Å². The number of benzene rings is 1. The summed E-state index contributed by atoms with van der Waals surface area (Å²) in [6.07, 6.45) is 0. The molecule has 0 unspecified atom stereocenters. The monoisotopic (exact) mass is 248 g/mol. The lowest BCUT2D eigenvalue weighted by Gasteiger charge is -2.08. The average molecular weight is 249 g/mol. The fourth-order valence-corrected chi connectivity index (χ4v) is 1.10. The van der Waals surface area contributed by atoms with E-state index < -0.39 is 40.1 Å². The van der Waals surface area contributed by atoms with Gasteiger partial charge in [0.2, 0.25) is 12.7 Å². The molecule has 0 saturated heterocycles. The molecule has 1 nitrogen and oxygen atoms in total. The van der Waals surface area contributed by atoms with Gasteiger partial charge in [0, 0.05) is 0 Å². The van der Waals surface area contributed by atoms with Gasteiger partial charge in [0.25, 0.3) is 0 Å². The van der Waals surface area contributed by atoms with Gasteiger partial charge < -0.3 is 4.74 Å². The van der Waals surface area contributed by atoms with Crippen molar-refractivity contribution < 1.29 is 22.3 Å². The Morgan fingerprint density at radius 3 is 1.93 bits per heavy atom. The molecule has 1 aromatic rings. The number of hydrogen-bond donors (Lipinski definition) is 0. The summed E-state index contributed by atoms with van der Waals surface area (Å²) < 4.78 is 54.1. The van der Waals surface area contributed by atoms with Crippen molar-refractivity contribution in [1.29, 1.82) is 0 Å². The van der Waals surface area contributed by atoms with Gasteiger partial charge in [-0.2, -0.15) is 4.39 Å². The second-order valence-electron chi connectivity index (χ2n) is 2.15. The SMILES string of the molecule is FCOc1c(F)c(F)c(Cl)c(Cl)c1F. The van der Waals surface area contributed by atoms with Crippen LogP contribution in [0.15, 0.2) is 0 Å². The first-order valence-electron chi connectivity index (χ1n) is 3.20. The number of hydrogen-bond acceptors (Lipinski definition) is 1. The molecule has 0 fully saturated rings. The topological polar surface area (TPSA) is 9.23 Å². The van der Waals surface area contributed by atoms with Crippen LogP contribution in [-0.4, -0.2) is 6.86 Å². The summed E-state index contributed by atoms with van der Waals surface area (Å²) in [7, 11) is 0. The molecule has 0 heterocycles. The van der Waals surface area contributed by atoms with Gasteiger partial charge in [0.05, 0.1) is 0 Å². The quantitative estimate of drug-likeness (QED) is 0.441. The maximum Gasteiger partial charge on any atom is 0.228 e. The van der Waals surface area contributed by atoms with Crippen molar-refractivity contribution in [3.05, 3.63) is 27.5 Å². The molecule has 0 radical (unpaired) electrons. The van der Waals surface area contributed by atoms with Crippen LogP contribution in [-0.2, 0) is 0 Å². The van der Waals surface area contributed by atoms with Crippen molar-refractivity contribution in [2.24, 2.45) is 0 Å². The Balaban J connectivity index is 3.43. The summed E-state index contributed by atoms with van der Waals surface area (Å²) >= 11 is 10.3. The molecule has 0 amide bonds. The van der Waals surface area contributed by atoms with Crippen LogP contribution in [0.1, 0.15) is 0 Å². The van der Waals surface area contributed by atoms with Crippen molar-refractivity contribution in [1.82, 2.24) is 0 Å². The van der Waals surface area contributed by atoms with Crippen LogP contribution in [0.25, 0.3) is 0 Å². The minimum atomic E-state index is -1.71. The Bertz CT molecular complexity index is 340. The maximum absolute atomic E-state index is 13.0. The summed E-state index contributed by atoms with van der Waals surface area (Å²) in [5, 5.41) is -1.76. The van der Waals surface area contributed by atoms with Gasteiger partial charge in [-0.25, -0.2) is 13.2 Å². The molecule has 0 N–H and O–H groups in total. The first kappa shape index (κ1) is 11.4. The molecule has 0 saturated carbocycles. The molecule has 1 rings (SSSR count). The van der Waals surface area contributed by atoms with Gasteiger partial charge >= 0.3 is 0 Å². The van der Waals surface area contributed by atoms with E-state index >= 15 is 0 Å². The van der Waals surface area contributed by atoms with Crippen molar-refractivity contribution >= 4 is 23.2 Å². The van der Waals surface area contributed by atoms with Crippen molar-refractivity contribution in [3.8, 4) is 5.75 Å². The maximum atomic E-state index is 13.0. The third-order valence-corrected chi connectivity index (χ3v) is 2.17. The van der Waals surface area contributed by atoms with Crippen LogP contribution in [0.2, 0.25) is 10.0 Å². The minimum absolute atomic E-state index is 0.853. The Labute approximate surface area is 86.2 Å². The summed E-state index contributed by atoms with van der Waals surface area (Å²) in [5.74, 6) is -5.95. The lowest BCUT2D eigenvalue weighted by molar-refractivity contribution is 0.174. The van der Waals surface area contributed by atoms with Crippen LogP contribution in [0.3, 0.4) is 0 Å². The highest BCUT2D eigenvalue weighted by Crippen LogP contribution is 2.36. The molecule has 78 valence electrons. The summed E-state index contributed by atoms with van der Waals surface area (Å²) in [6.45, 7) is -1.51. The average Bonchev–Trinajstić information content (AvgIpc) is 2.19. The first-order valence-corrected chi connectivity index (χ1v) is 3.96. The molecule has 0 aliphatic rings. The van der Waals surface area contributed by atoms with E-state index in [4.69, 9.17) is 23.2 Å². The van der Waals surface area contributed by atoms with Crippen LogP contribution < -0.4 is 4.74 Å². The molecular formula is C7H2Cl2F4O. The standard InChI is InChI=1S/C7H2Cl2F4O/c8-2-3(9)5(12)7(14-1-10)6(13)4(2)11/h1H2. The van der Waals surface area contributed by atoms with Crippen LogP contribution >= 0.6 is 23.2 Å². The van der Waals surface area contributed by atoms with Gasteiger partial charge in [0.15, 0.2) is 17.4 Å². The molecule has 0 aliphatic heterocycles. The zero-order valence-corrected chi connectivity index (χ0v) is 7.89. The zero-order chi connectivity index (χ0) is 10.9. The third kappa shape index (κ3) is 1.74. The Hall–Kier alpha value is -0.680. The number of alkyl halides is 1. The van der Waals surface area contributed by atoms with Gasteiger partial charge in [0.1, 0.15) is 10.0 Å². The Kier molecular flexibility index (Phi) is 3.44. The van der Waals surface area contributed by atoms with E-state index in [0.717, 1.165) is 0 Å². The molecule has 7 heteroatoms. The molecule has 0 aromatic heterocycles. The van der Waals surface area contributed by atoms with Crippen molar-refractivity contribution in [3.63, 3.8) is 0 Å².